The largest absolute Gasteiger partial charge is 0.370 e. The summed E-state index contributed by atoms with van der Waals surface area (Å²) in [5.41, 5.74) is 9.83. The van der Waals surface area contributed by atoms with Crippen LogP contribution in [0.3, 0.4) is 0 Å². The molecular formula is C16H24IN3. The van der Waals surface area contributed by atoms with Gasteiger partial charge in [-0.2, -0.15) is 0 Å². The van der Waals surface area contributed by atoms with Crippen LogP contribution in [0, 0.1) is 0 Å². The first-order valence-electron chi connectivity index (χ1n) is 6.93. The fourth-order valence-corrected chi connectivity index (χ4v) is 2.57. The maximum atomic E-state index is 5.86. The van der Waals surface area contributed by atoms with Crippen molar-refractivity contribution in [2.24, 2.45) is 10.7 Å². The highest BCUT2D eigenvalue weighted by atomic mass is 127. The molecule has 0 bridgehead atoms. The highest BCUT2D eigenvalue weighted by molar-refractivity contribution is 14.0. The van der Waals surface area contributed by atoms with Gasteiger partial charge in [0.05, 0.1) is 6.54 Å². The molecule has 0 amide bonds. The summed E-state index contributed by atoms with van der Waals surface area (Å²) in [6.07, 6.45) is 3.68. The van der Waals surface area contributed by atoms with Crippen molar-refractivity contribution < 1.29 is 0 Å². The molecule has 0 aliphatic heterocycles. The number of nitrogens with two attached hydrogens (primary N) is 1. The van der Waals surface area contributed by atoms with Gasteiger partial charge in [-0.25, -0.2) is 4.99 Å². The lowest BCUT2D eigenvalue weighted by atomic mass is 9.83. The SMILES string of the molecule is C=C(C)CN=C(N)NCC1CCCc2ccccc21.I. The van der Waals surface area contributed by atoms with E-state index in [1.165, 1.54) is 30.4 Å². The van der Waals surface area contributed by atoms with Crippen LogP contribution in [-0.4, -0.2) is 19.0 Å². The van der Waals surface area contributed by atoms with Gasteiger partial charge in [0.15, 0.2) is 5.96 Å². The first kappa shape index (κ1) is 17.0. The molecular weight excluding hydrogens is 361 g/mol. The van der Waals surface area contributed by atoms with E-state index in [0.717, 1.165) is 12.1 Å². The Morgan fingerprint density at radius 3 is 2.95 bits per heavy atom. The van der Waals surface area contributed by atoms with Crippen molar-refractivity contribution in [2.45, 2.75) is 32.1 Å². The molecule has 0 heterocycles. The van der Waals surface area contributed by atoms with Crippen molar-refractivity contribution in [3.8, 4) is 0 Å². The molecule has 1 aliphatic rings. The van der Waals surface area contributed by atoms with Gasteiger partial charge in [-0.3, -0.25) is 0 Å². The topological polar surface area (TPSA) is 50.4 Å². The second-order valence-corrected chi connectivity index (χ2v) is 5.33. The van der Waals surface area contributed by atoms with Crippen LogP contribution in [0.1, 0.15) is 36.8 Å². The van der Waals surface area contributed by atoms with Gasteiger partial charge in [0.25, 0.3) is 0 Å². The van der Waals surface area contributed by atoms with E-state index in [9.17, 15) is 0 Å². The Bertz CT molecular complexity index is 482. The van der Waals surface area contributed by atoms with Crippen LogP contribution in [0.4, 0.5) is 0 Å². The van der Waals surface area contributed by atoms with Crippen molar-refractivity contribution in [1.29, 1.82) is 0 Å². The number of nitrogens with one attached hydrogen (secondary N) is 1. The number of hydrogen-bond acceptors (Lipinski definition) is 1. The van der Waals surface area contributed by atoms with Crippen molar-refractivity contribution in [3.63, 3.8) is 0 Å². The Balaban J connectivity index is 0.00000200. The second kappa shape index (κ2) is 8.29. The second-order valence-electron chi connectivity index (χ2n) is 5.33. The van der Waals surface area contributed by atoms with Gasteiger partial charge in [-0.05, 0) is 37.3 Å². The Kier molecular flexibility index (Phi) is 7.05. The number of nitrogens with zero attached hydrogens (tertiary/aromatic N) is 1. The third kappa shape index (κ3) is 4.81. The summed E-state index contributed by atoms with van der Waals surface area (Å²) in [5, 5.41) is 3.24. The first-order valence-corrected chi connectivity index (χ1v) is 6.93. The molecule has 1 atom stereocenters. The molecule has 1 aromatic carbocycles. The number of aliphatic imine (C=N–C) groups is 1. The lowest BCUT2D eigenvalue weighted by Crippen LogP contribution is -2.35. The Morgan fingerprint density at radius 1 is 1.45 bits per heavy atom. The normalized spacial score (nSPS) is 17.9. The number of benzene rings is 1. The van der Waals surface area contributed by atoms with E-state index in [2.05, 4.69) is 41.2 Å². The van der Waals surface area contributed by atoms with E-state index in [-0.39, 0.29) is 24.0 Å². The molecule has 3 N–H and O–H groups in total. The standard InChI is InChI=1S/C16H23N3.HI/c1-12(2)10-18-16(17)19-11-14-8-5-7-13-6-3-4-9-15(13)14;/h3-4,6,9,14H,1,5,7-8,10-11H2,2H3,(H3,17,18,19);1H. The van der Waals surface area contributed by atoms with Gasteiger partial charge in [-0.1, -0.05) is 36.4 Å². The number of guanidine groups is 1. The van der Waals surface area contributed by atoms with E-state index in [0.29, 0.717) is 18.4 Å². The van der Waals surface area contributed by atoms with Crippen LogP contribution in [-0.2, 0) is 6.42 Å². The van der Waals surface area contributed by atoms with Crippen LogP contribution >= 0.6 is 24.0 Å². The summed E-state index contributed by atoms with van der Waals surface area (Å²) >= 11 is 0. The Hall–Kier alpha value is -1.04. The Labute approximate surface area is 138 Å². The number of aryl methyl sites for hydroxylation is 1. The minimum Gasteiger partial charge on any atom is -0.370 e. The lowest BCUT2D eigenvalue weighted by Gasteiger charge is -2.25. The van der Waals surface area contributed by atoms with Crippen LogP contribution in [0.25, 0.3) is 0 Å². The maximum absolute atomic E-state index is 5.86. The van der Waals surface area contributed by atoms with E-state index in [1.807, 2.05) is 6.92 Å². The zero-order valence-electron chi connectivity index (χ0n) is 12.1. The number of rotatable bonds is 4. The molecule has 0 saturated heterocycles. The van der Waals surface area contributed by atoms with Crippen LogP contribution in [0.15, 0.2) is 41.4 Å². The molecule has 0 fully saturated rings. The summed E-state index contributed by atoms with van der Waals surface area (Å²) in [4.78, 5) is 4.25. The zero-order valence-corrected chi connectivity index (χ0v) is 14.4. The number of fused-ring (bicyclic) bond motifs is 1. The molecule has 3 nitrogen and oxygen atoms in total. The molecule has 0 radical (unpaired) electrons. The van der Waals surface area contributed by atoms with E-state index < -0.39 is 0 Å². The fraction of sp³-hybridized carbons (Fsp3) is 0.438. The van der Waals surface area contributed by atoms with E-state index in [4.69, 9.17) is 5.73 Å². The first-order chi connectivity index (χ1) is 9.16. The summed E-state index contributed by atoms with van der Waals surface area (Å²) < 4.78 is 0. The predicted octanol–water partition coefficient (Wildman–Crippen LogP) is 3.20. The average Bonchev–Trinajstić information content (AvgIpc) is 2.42. The highest BCUT2D eigenvalue weighted by Crippen LogP contribution is 2.30. The fourth-order valence-electron chi connectivity index (χ4n) is 2.57. The predicted molar refractivity (Wildman–Crippen MR) is 96.8 cm³/mol. The molecule has 1 aliphatic carbocycles. The molecule has 0 aromatic heterocycles. The van der Waals surface area contributed by atoms with Gasteiger partial charge in [0.2, 0.25) is 0 Å². The van der Waals surface area contributed by atoms with Crippen molar-refractivity contribution in [2.75, 3.05) is 13.1 Å². The van der Waals surface area contributed by atoms with Gasteiger partial charge in [-0.15, -0.1) is 24.0 Å². The molecule has 2 rings (SSSR count). The average molecular weight is 385 g/mol. The van der Waals surface area contributed by atoms with Gasteiger partial charge in [0, 0.05) is 12.5 Å². The third-order valence-corrected chi connectivity index (χ3v) is 3.54. The van der Waals surface area contributed by atoms with Crippen molar-refractivity contribution in [1.82, 2.24) is 5.32 Å². The highest BCUT2D eigenvalue weighted by Gasteiger charge is 2.19. The number of hydrogen-bond donors (Lipinski definition) is 2. The Morgan fingerprint density at radius 2 is 2.20 bits per heavy atom. The summed E-state index contributed by atoms with van der Waals surface area (Å²) in [6.45, 7) is 7.23. The van der Waals surface area contributed by atoms with Crippen molar-refractivity contribution >= 4 is 29.9 Å². The quantitative estimate of drug-likeness (QED) is 0.362. The summed E-state index contributed by atoms with van der Waals surface area (Å²) in [5.74, 6) is 1.06. The maximum Gasteiger partial charge on any atom is 0.188 e. The van der Waals surface area contributed by atoms with Crippen LogP contribution < -0.4 is 11.1 Å². The third-order valence-electron chi connectivity index (χ3n) is 3.54. The zero-order chi connectivity index (χ0) is 13.7. The van der Waals surface area contributed by atoms with E-state index in [1.54, 1.807) is 0 Å². The lowest BCUT2D eigenvalue weighted by molar-refractivity contribution is 0.542. The summed E-state index contributed by atoms with van der Waals surface area (Å²) in [6, 6.07) is 8.72. The molecule has 1 unspecified atom stereocenters. The minimum absolute atomic E-state index is 0. The smallest absolute Gasteiger partial charge is 0.188 e. The monoisotopic (exact) mass is 385 g/mol. The van der Waals surface area contributed by atoms with E-state index >= 15 is 0 Å². The molecule has 1 aromatic rings. The van der Waals surface area contributed by atoms with Gasteiger partial charge in [0.1, 0.15) is 0 Å². The number of halogens is 1. The molecule has 4 heteroatoms. The summed E-state index contributed by atoms with van der Waals surface area (Å²) in [7, 11) is 0. The molecule has 0 spiro atoms. The van der Waals surface area contributed by atoms with Gasteiger partial charge < -0.3 is 11.1 Å². The van der Waals surface area contributed by atoms with Crippen LogP contribution in [0.5, 0.6) is 0 Å². The molecule has 20 heavy (non-hydrogen) atoms. The minimum atomic E-state index is 0. The molecule has 110 valence electrons. The van der Waals surface area contributed by atoms with Crippen molar-refractivity contribution in [3.05, 3.63) is 47.5 Å². The van der Waals surface area contributed by atoms with Gasteiger partial charge >= 0.3 is 0 Å². The van der Waals surface area contributed by atoms with Crippen LogP contribution in [0.2, 0.25) is 0 Å². The molecule has 0 saturated carbocycles.